The van der Waals surface area contributed by atoms with Crippen molar-refractivity contribution in [2.45, 2.75) is 37.0 Å². The van der Waals surface area contributed by atoms with Crippen molar-refractivity contribution in [3.05, 3.63) is 35.4 Å². The van der Waals surface area contributed by atoms with Gasteiger partial charge in [-0.15, -0.1) is 0 Å². The largest absolute Gasteiger partial charge is 0.465 e. The maximum absolute atomic E-state index is 11.5. The molecule has 0 amide bonds. The molecule has 2 aliphatic rings. The van der Waals surface area contributed by atoms with Crippen molar-refractivity contribution < 1.29 is 9.53 Å². The number of ether oxygens (including phenoxy) is 1. The Labute approximate surface area is 130 Å². The lowest BCUT2D eigenvalue weighted by molar-refractivity contribution is 0.0600. The lowest BCUT2D eigenvalue weighted by Crippen LogP contribution is -2.33. The van der Waals surface area contributed by atoms with Crippen molar-refractivity contribution in [1.82, 2.24) is 5.32 Å². The summed E-state index contributed by atoms with van der Waals surface area (Å²) >= 11 is 2.16. The number of methoxy groups -OCH3 is 1. The van der Waals surface area contributed by atoms with Crippen LogP contribution in [0, 0.1) is 5.92 Å². The van der Waals surface area contributed by atoms with Gasteiger partial charge in [-0.25, -0.2) is 4.79 Å². The van der Waals surface area contributed by atoms with Crippen LogP contribution in [0.5, 0.6) is 0 Å². The van der Waals surface area contributed by atoms with Crippen LogP contribution in [-0.2, 0) is 4.74 Å². The van der Waals surface area contributed by atoms with E-state index >= 15 is 0 Å². The first-order valence-electron chi connectivity index (χ1n) is 7.79. The molecule has 114 valence electrons. The molecule has 2 fully saturated rings. The van der Waals surface area contributed by atoms with Crippen molar-refractivity contribution in [1.29, 1.82) is 0 Å². The Bertz CT molecular complexity index is 484. The van der Waals surface area contributed by atoms with E-state index in [-0.39, 0.29) is 5.97 Å². The molecule has 0 bridgehead atoms. The lowest BCUT2D eigenvalue weighted by Gasteiger charge is -2.30. The molecule has 3 rings (SSSR count). The third kappa shape index (κ3) is 4.01. The molecule has 1 aliphatic carbocycles. The summed E-state index contributed by atoms with van der Waals surface area (Å²) in [5, 5.41) is 4.38. The van der Waals surface area contributed by atoms with E-state index in [9.17, 15) is 4.79 Å². The van der Waals surface area contributed by atoms with Crippen LogP contribution >= 0.6 is 11.8 Å². The Morgan fingerprint density at radius 3 is 2.71 bits per heavy atom. The number of nitrogens with one attached hydrogen (secondary N) is 1. The number of hydrogen-bond donors (Lipinski definition) is 1. The zero-order chi connectivity index (χ0) is 14.7. The number of rotatable bonds is 5. The molecule has 1 heterocycles. The minimum atomic E-state index is -0.268. The van der Waals surface area contributed by atoms with E-state index in [1.165, 1.54) is 44.1 Å². The van der Waals surface area contributed by atoms with Gasteiger partial charge in [0.2, 0.25) is 0 Å². The molecular weight excluding hydrogens is 282 g/mol. The fraction of sp³-hybridized carbons (Fsp3) is 0.588. The van der Waals surface area contributed by atoms with Gasteiger partial charge in [0.15, 0.2) is 0 Å². The highest BCUT2D eigenvalue weighted by Crippen LogP contribution is 2.37. The second-order valence-electron chi connectivity index (χ2n) is 6.04. The minimum Gasteiger partial charge on any atom is -0.465 e. The third-order valence-electron chi connectivity index (χ3n) is 4.35. The molecule has 0 spiro atoms. The summed E-state index contributed by atoms with van der Waals surface area (Å²) in [6.07, 6.45) is 5.34. The molecule has 21 heavy (non-hydrogen) atoms. The van der Waals surface area contributed by atoms with Gasteiger partial charge in [-0.3, -0.25) is 0 Å². The molecule has 1 N–H and O–H groups in total. The lowest BCUT2D eigenvalue weighted by atomic mass is 9.96. The van der Waals surface area contributed by atoms with E-state index in [2.05, 4.69) is 29.2 Å². The van der Waals surface area contributed by atoms with E-state index < -0.39 is 0 Å². The van der Waals surface area contributed by atoms with E-state index in [1.54, 1.807) is 0 Å². The molecule has 1 aromatic rings. The highest BCUT2D eigenvalue weighted by molar-refractivity contribution is 7.99. The molecule has 0 aromatic heterocycles. The standard InChI is InChI=1S/C17H23NO2S/c1-20-17(19)14-6-4-13(5-7-14)16-10-15(8-9-18-16)21-11-12-2-3-12/h4-7,12,15-16,18H,2-3,8-11H2,1H3/t15-,16-/m0/s1. The Hall–Kier alpha value is -1.00. The highest BCUT2D eigenvalue weighted by atomic mass is 32.2. The predicted molar refractivity (Wildman–Crippen MR) is 86.7 cm³/mol. The number of carbonyl (C=O) groups is 1. The summed E-state index contributed by atoms with van der Waals surface area (Å²) < 4.78 is 4.74. The zero-order valence-corrected chi connectivity index (χ0v) is 13.3. The van der Waals surface area contributed by atoms with Gasteiger partial charge in [0.25, 0.3) is 0 Å². The van der Waals surface area contributed by atoms with Crippen LogP contribution in [0.4, 0.5) is 0 Å². The second kappa shape index (κ2) is 6.84. The average Bonchev–Trinajstić information content (AvgIpc) is 3.37. The van der Waals surface area contributed by atoms with E-state index in [4.69, 9.17) is 4.74 Å². The molecule has 1 saturated heterocycles. The monoisotopic (exact) mass is 305 g/mol. The first kappa shape index (κ1) is 14.9. The molecular formula is C17H23NO2S. The van der Waals surface area contributed by atoms with Gasteiger partial charge >= 0.3 is 5.97 Å². The van der Waals surface area contributed by atoms with Crippen LogP contribution < -0.4 is 5.32 Å². The number of piperidine rings is 1. The molecule has 3 nitrogen and oxygen atoms in total. The quantitative estimate of drug-likeness (QED) is 0.846. The summed E-state index contributed by atoms with van der Waals surface area (Å²) in [4.78, 5) is 11.5. The fourth-order valence-corrected chi connectivity index (χ4v) is 4.30. The van der Waals surface area contributed by atoms with E-state index in [1.807, 2.05) is 12.1 Å². The fourth-order valence-electron chi connectivity index (χ4n) is 2.81. The second-order valence-corrected chi connectivity index (χ2v) is 7.38. The van der Waals surface area contributed by atoms with Gasteiger partial charge in [-0.05, 0) is 61.6 Å². The van der Waals surface area contributed by atoms with Gasteiger partial charge in [0, 0.05) is 11.3 Å². The molecule has 4 heteroatoms. The third-order valence-corrected chi connectivity index (χ3v) is 5.92. The van der Waals surface area contributed by atoms with Crippen molar-refractivity contribution in [3.8, 4) is 0 Å². The van der Waals surface area contributed by atoms with Gasteiger partial charge in [0.05, 0.1) is 12.7 Å². The molecule has 2 atom stereocenters. The predicted octanol–water partition coefficient (Wildman–Crippen LogP) is 3.41. The molecule has 1 aliphatic heterocycles. The number of hydrogen-bond acceptors (Lipinski definition) is 4. The van der Waals surface area contributed by atoms with Crippen molar-refractivity contribution in [3.63, 3.8) is 0 Å². The zero-order valence-electron chi connectivity index (χ0n) is 12.5. The summed E-state index contributed by atoms with van der Waals surface area (Å²) in [7, 11) is 1.42. The minimum absolute atomic E-state index is 0.268. The van der Waals surface area contributed by atoms with Crippen LogP contribution in [0.2, 0.25) is 0 Å². The van der Waals surface area contributed by atoms with Crippen LogP contribution in [0.1, 0.15) is 47.6 Å². The van der Waals surface area contributed by atoms with Gasteiger partial charge in [-0.2, -0.15) is 11.8 Å². The maximum atomic E-state index is 11.5. The number of benzene rings is 1. The molecule has 0 unspecified atom stereocenters. The summed E-state index contributed by atoms with van der Waals surface area (Å²) in [6.45, 7) is 1.09. The normalized spacial score (nSPS) is 25.6. The average molecular weight is 305 g/mol. The number of carbonyl (C=O) groups excluding carboxylic acids is 1. The van der Waals surface area contributed by atoms with Gasteiger partial charge in [-0.1, -0.05) is 12.1 Å². The van der Waals surface area contributed by atoms with Crippen LogP contribution in [-0.4, -0.2) is 30.6 Å². The number of thioether (sulfide) groups is 1. The Balaban J connectivity index is 1.58. The SMILES string of the molecule is COC(=O)c1ccc([C@@H]2C[C@@H](SCC3CC3)CCN2)cc1. The maximum Gasteiger partial charge on any atom is 0.337 e. The van der Waals surface area contributed by atoms with Crippen LogP contribution in [0.15, 0.2) is 24.3 Å². The Morgan fingerprint density at radius 1 is 1.29 bits per heavy atom. The van der Waals surface area contributed by atoms with E-state index in [0.717, 1.165) is 17.7 Å². The van der Waals surface area contributed by atoms with Crippen molar-refractivity contribution in [2.75, 3.05) is 19.4 Å². The van der Waals surface area contributed by atoms with Crippen LogP contribution in [0.25, 0.3) is 0 Å². The summed E-state index contributed by atoms with van der Waals surface area (Å²) in [6, 6.07) is 8.26. The molecule has 0 radical (unpaired) electrons. The Morgan fingerprint density at radius 2 is 2.05 bits per heavy atom. The van der Waals surface area contributed by atoms with Gasteiger partial charge in [0.1, 0.15) is 0 Å². The first-order valence-corrected chi connectivity index (χ1v) is 8.84. The summed E-state index contributed by atoms with van der Waals surface area (Å²) in [5.41, 5.74) is 1.90. The van der Waals surface area contributed by atoms with Crippen molar-refractivity contribution in [2.24, 2.45) is 5.92 Å². The topological polar surface area (TPSA) is 38.3 Å². The van der Waals surface area contributed by atoms with Crippen LogP contribution in [0.3, 0.4) is 0 Å². The Kier molecular flexibility index (Phi) is 4.86. The van der Waals surface area contributed by atoms with Gasteiger partial charge < -0.3 is 10.1 Å². The van der Waals surface area contributed by atoms with Crippen molar-refractivity contribution >= 4 is 17.7 Å². The number of esters is 1. The first-order chi connectivity index (χ1) is 10.3. The smallest absolute Gasteiger partial charge is 0.337 e. The molecule has 1 saturated carbocycles. The van der Waals surface area contributed by atoms with E-state index in [0.29, 0.717) is 11.6 Å². The highest BCUT2D eigenvalue weighted by Gasteiger charge is 2.27. The summed E-state index contributed by atoms with van der Waals surface area (Å²) in [5.74, 6) is 2.08. The molecule has 1 aromatic carbocycles.